The van der Waals surface area contributed by atoms with E-state index in [2.05, 4.69) is 15.4 Å². The number of halogens is 3. The average Bonchev–Trinajstić information content (AvgIpc) is 3.44. The van der Waals surface area contributed by atoms with Crippen LogP contribution in [-0.2, 0) is 14.3 Å². The number of nitrogens with one attached hydrogen (secondary N) is 1. The van der Waals surface area contributed by atoms with Crippen LogP contribution >= 0.6 is 0 Å². The second-order valence-corrected chi connectivity index (χ2v) is 7.49. The van der Waals surface area contributed by atoms with Gasteiger partial charge in [-0.3, -0.25) is 9.69 Å². The molecule has 3 aliphatic heterocycles. The molecule has 30 heavy (non-hydrogen) atoms. The molecule has 1 aromatic heterocycles. The first kappa shape index (κ1) is 22.5. The van der Waals surface area contributed by atoms with Crippen LogP contribution in [-0.4, -0.2) is 84.3 Å². The van der Waals surface area contributed by atoms with Crippen molar-refractivity contribution in [3.8, 4) is 0 Å². The third-order valence-electron chi connectivity index (χ3n) is 5.37. The maximum Gasteiger partial charge on any atom is 0.490 e. The molecule has 3 fully saturated rings. The number of hydrogen-bond donors (Lipinski definition) is 2. The molecule has 4 heterocycles. The number of aliphatic carboxylic acids is 1. The van der Waals surface area contributed by atoms with Gasteiger partial charge in [-0.25, -0.2) is 4.79 Å². The highest BCUT2D eigenvalue weighted by atomic mass is 19.4. The summed E-state index contributed by atoms with van der Waals surface area (Å²) in [4.78, 5) is 23.6. The van der Waals surface area contributed by atoms with Crippen molar-refractivity contribution < 1.29 is 41.9 Å². The lowest BCUT2D eigenvalue weighted by atomic mass is 10.00. The Balaban J connectivity index is 0.000000318. The fourth-order valence-electron chi connectivity index (χ4n) is 4.02. The number of carbonyl (C=O) groups excluding carboxylic acids is 1. The van der Waals surface area contributed by atoms with Crippen molar-refractivity contribution in [2.45, 2.75) is 43.6 Å². The number of nitrogens with zero attached hydrogens (tertiary/aromatic N) is 2. The van der Waals surface area contributed by atoms with Gasteiger partial charge in [0.1, 0.15) is 0 Å². The van der Waals surface area contributed by atoms with Gasteiger partial charge < -0.3 is 24.4 Å². The minimum atomic E-state index is -5.08. The number of carboxylic acids is 1. The van der Waals surface area contributed by atoms with Gasteiger partial charge in [0.25, 0.3) is 5.91 Å². The van der Waals surface area contributed by atoms with E-state index in [-0.39, 0.29) is 23.8 Å². The molecule has 0 spiro atoms. The topological polar surface area (TPSA) is 114 Å². The monoisotopic (exact) mass is 435 g/mol. The van der Waals surface area contributed by atoms with E-state index in [1.165, 1.54) is 6.20 Å². The largest absolute Gasteiger partial charge is 0.490 e. The zero-order valence-corrected chi connectivity index (χ0v) is 16.1. The van der Waals surface area contributed by atoms with Crippen molar-refractivity contribution in [1.29, 1.82) is 0 Å². The lowest BCUT2D eigenvalue weighted by Gasteiger charge is -2.33. The maximum absolute atomic E-state index is 12.2. The second kappa shape index (κ2) is 9.75. The molecular formula is C18H24F3N3O6. The van der Waals surface area contributed by atoms with E-state index in [0.29, 0.717) is 12.0 Å². The summed E-state index contributed by atoms with van der Waals surface area (Å²) in [6.07, 6.45) is -0.188. The minimum Gasteiger partial charge on any atom is -0.475 e. The quantitative estimate of drug-likeness (QED) is 0.728. The van der Waals surface area contributed by atoms with Crippen LogP contribution in [0.1, 0.15) is 29.8 Å². The van der Waals surface area contributed by atoms with Gasteiger partial charge in [-0.1, -0.05) is 5.16 Å². The first-order valence-corrected chi connectivity index (χ1v) is 9.70. The summed E-state index contributed by atoms with van der Waals surface area (Å²) in [5, 5.41) is 13.8. The number of ether oxygens (including phenoxy) is 2. The molecule has 1 unspecified atom stereocenters. The highest BCUT2D eigenvalue weighted by Crippen LogP contribution is 2.31. The first-order valence-electron chi connectivity index (χ1n) is 9.70. The number of carbonyl (C=O) groups is 2. The summed E-state index contributed by atoms with van der Waals surface area (Å²) < 4.78 is 48.2. The number of carboxylic acid groups (broad SMARTS) is 1. The van der Waals surface area contributed by atoms with Gasteiger partial charge in [0, 0.05) is 38.4 Å². The zero-order chi connectivity index (χ0) is 21.7. The van der Waals surface area contributed by atoms with Gasteiger partial charge in [-0.2, -0.15) is 13.2 Å². The lowest BCUT2D eigenvalue weighted by Crippen LogP contribution is -2.47. The molecule has 9 nitrogen and oxygen atoms in total. The van der Waals surface area contributed by atoms with Crippen LogP contribution in [0.4, 0.5) is 13.2 Å². The average molecular weight is 435 g/mol. The number of aromatic nitrogens is 1. The fourth-order valence-corrected chi connectivity index (χ4v) is 4.02. The highest BCUT2D eigenvalue weighted by molar-refractivity contribution is 5.91. The number of hydrogen-bond acceptors (Lipinski definition) is 7. The van der Waals surface area contributed by atoms with Crippen LogP contribution < -0.4 is 5.32 Å². The van der Waals surface area contributed by atoms with Crippen LogP contribution in [0, 0.1) is 5.92 Å². The van der Waals surface area contributed by atoms with E-state index in [1.807, 2.05) is 0 Å². The van der Waals surface area contributed by atoms with Gasteiger partial charge in [-0.15, -0.1) is 0 Å². The standard InChI is InChI=1S/C16H23N3O4.C2HF3O2/c20-16(14-3-5-17-23-14)18-12-9-19(8-11-4-7-21-10-11)13-2-1-6-22-15(12)13;3-2(4,5)1(6)7/h3,5,11-13,15H,1-2,4,6-10H2,(H,18,20);(H,6,7)/t11?,12-,13-,15-;/m1./s1. The number of fused-ring (bicyclic) bond motifs is 1. The van der Waals surface area contributed by atoms with Crippen LogP contribution in [0.3, 0.4) is 0 Å². The predicted octanol–water partition coefficient (Wildman–Crippen LogP) is 1.31. The Kier molecular flexibility index (Phi) is 7.32. The third kappa shape index (κ3) is 5.70. The Hall–Kier alpha value is -2.18. The first-order chi connectivity index (χ1) is 14.3. The van der Waals surface area contributed by atoms with E-state index in [1.54, 1.807) is 6.07 Å². The number of rotatable bonds is 4. The minimum absolute atomic E-state index is 0.000205. The Labute approximate surface area is 170 Å². The van der Waals surface area contributed by atoms with Gasteiger partial charge in [0.05, 0.1) is 24.9 Å². The fraction of sp³-hybridized carbons (Fsp3) is 0.722. The molecule has 0 saturated carbocycles. The molecule has 12 heteroatoms. The van der Waals surface area contributed by atoms with Gasteiger partial charge in [0.15, 0.2) is 0 Å². The SMILES string of the molecule is O=C(N[C@@H]1CN(CC2CCOC2)[C@@H]2CCCO[C@@H]21)c1ccno1.O=C(O)C(F)(F)F. The number of likely N-dealkylation sites (tertiary alicyclic amines) is 1. The smallest absolute Gasteiger partial charge is 0.475 e. The molecule has 3 saturated heterocycles. The van der Waals surface area contributed by atoms with E-state index in [9.17, 15) is 18.0 Å². The normalized spacial score (nSPS) is 29.0. The van der Waals surface area contributed by atoms with Crippen molar-refractivity contribution in [3.05, 3.63) is 18.0 Å². The Bertz CT molecular complexity index is 709. The van der Waals surface area contributed by atoms with Crippen molar-refractivity contribution in [2.75, 3.05) is 32.9 Å². The molecule has 0 aromatic carbocycles. The summed E-state index contributed by atoms with van der Waals surface area (Å²) in [5.74, 6) is -2.12. The highest BCUT2D eigenvalue weighted by Gasteiger charge is 2.45. The summed E-state index contributed by atoms with van der Waals surface area (Å²) in [6.45, 7) is 4.35. The predicted molar refractivity (Wildman–Crippen MR) is 94.7 cm³/mol. The van der Waals surface area contributed by atoms with Crippen molar-refractivity contribution >= 4 is 11.9 Å². The molecule has 4 rings (SSSR count). The Morgan fingerprint density at radius 1 is 1.30 bits per heavy atom. The molecule has 3 aliphatic rings. The van der Waals surface area contributed by atoms with Crippen molar-refractivity contribution in [3.63, 3.8) is 0 Å². The van der Waals surface area contributed by atoms with Crippen LogP contribution in [0.5, 0.6) is 0 Å². The lowest BCUT2D eigenvalue weighted by molar-refractivity contribution is -0.192. The molecule has 1 amide bonds. The van der Waals surface area contributed by atoms with E-state index < -0.39 is 12.1 Å². The molecule has 1 aromatic rings. The van der Waals surface area contributed by atoms with E-state index >= 15 is 0 Å². The molecule has 4 atom stereocenters. The van der Waals surface area contributed by atoms with E-state index in [4.69, 9.17) is 23.9 Å². The second-order valence-electron chi connectivity index (χ2n) is 7.49. The molecule has 168 valence electrons. The number of alkyl halides is 3. The van der Waals surface area contributed by atoms with Gasteiger partial charge in [-0.05, 0) is 25.2 Å². The Morgan fingerprint density at radius 2 is 2.07 bits per heavy atom. The molecule has 0 radical (unpaired) electrons. The molecular weight excluding hydrogens is 411 g/mol. The van der Waals surface area contributed by atoms with Crippen molar-refractivity contribution in [1.82, 2.24) is 15.4 Å². The van der Waals surface area contributed by atoms with Gasteiger partial charge in [0.2, 0.25) is 5.76 Å². The van der Waals surface area contributed by atoms with Crippen LogP contribution in [0.25, 0.3) is 0 Å². The molecule has 2 N–H and O–H groups in total. The number of amides is 1. The third-order valence-corrected chi connectivity index (χ3v) is 5.37. The van der Waals surface area contributed by atoms with E-state index in [0.717, 1.165) is 52.2 Å². The zero-order valence-electron chi connectivity index (χ0n) is 16.1. The summed E-state index contributed by atoms with van der Waals surface area (Å²) in [5.41, 5.74) is 0. The summed E-state index contributed by atoms with van der Waals surface area (Å²) >= 11 is 0. The van der Waals surface area contributed by atoms with Gasteiger partial charge >= 0.3 is 12.1 Å². The summed E-state index contributed by atoms with van der Waals surface area (Å²) in [7, 11) is 0. The Morgan fingerprint density at radius 3 is 2.67 bits per heavy atom. The van der Waals surface area contributed by atoms with Crippen molar-refractivity contribution in [2.24, 2.45) is 5.92 Å². The van der Waals surface area contributed by atoms with Crippen LogP contribution in [0.2, 0.25) is 0 Å². The maximum atomic E-state index is 12.2. The molecule has 0 bridgehead atoms. The summed E-state index contributed by atoms with van der Waals surface area (Å²) in [6, 6.07) is 1.97. The van der Waals surface area contributed by atoms with Crippen LogP contribution in [0.15, 0.2) is 16.8 Å². The molecule has 0 aliphatic carbocycles.